The van der Waals surface area contributed by atoms with Crippen LogP contribution in [0.4, 0.5) is 10.3 Å². The fourth-order valence-electron chi connectivity index (χ4n) is 2.74. The molecular weight excluding hydrogens is 233 g/mol. The fourth-order valence-corrected chi connectivity index (χ4v) is 2.74. The topological polar surface area (TPSA) is 53.1 Å². The molecule has 5 heteroatoms. The van der Waals surface area contributed by atoms with Crippen molar-refractivity contribution in [3.05, 3.63) is 24.0 Å². The second-order valence-corrected chi connectivity index (χ2v) is 5.03. The Balaban J connectivity index is 2.29. The lowest BCUT2D eigenvalue weighted by molar-refractivity contribution is 0.0783. The Morgan fingerprint density at radius 3 is 3.00 bits per heavy atom. The van der Waals surface area contributed by atoms with Crippen LogP contribution in [-0.4, -0.2) is 22.3 Å². The Morgan fingerprint density at radius 2 is 2.33 bits per heavy atom. The highest BCUT2D eigenvalue weighted by molar-refractivity contribution is 5.79. The van der Waals surface area contributed by atoms with Crippen LogP contribution in [0.15, 0.2) is 18.2 Å². The van der Waals surface area contributed by atoms with Gasteiger partial charge in [0, 0.05) is 6.61 Å². The number of ether oxygens (including phenoxy) is 1. The van der Waals surface area contributed by atoms with Gasteiger partial charge in [-0.15, -0.1) is 0 Å². The molecule has 0 saturated carbocycles. The first-order valence-corrected chi connectivity index (χ1v) is 6.08. The van der Waals surface area contributed by atoms with Crippen LogP contribution in [0.5, 0.6) is 0 Å². The van der Waals surface area contributed by atoms with Gasteiger partial charge in [0.1, 0.15) is 5.52 Å². The van der Waals surface area contributed by atoms with Gasteiger partial charge in [0.15, 0.2) is 5.82 Å². The number of hydrogen-bond donors (Lipinski definition) is 1. The predicted octanol–water partition coefficient (Wildman–Crippen LogP) is 2.28. The zero-order chi connectivity index (χ0) is 12.9. The third kappa shape index (κ3) is 1.37. The number of anilines is 1. The van der Waals surface area contributed by atoms with Crippen molar-refractivity contribution in [2.75, 3.05) is 12.3 Å². The van der Waals surface area contributed by atoms with E-state index in [1.807, 2.05) is 17.6 Å². The zero-order valence-electron chi connectivity index (χ0n) is 10.5. The molecule has 96 valence electrons. The first-order valence-electron chi connectivity index (χ1n) is 6.08. The van der Waals surface area contributed by atoms with E-state index in [2.05, 4.69) is 11.9 Å². The van der Waals surface area contributed by atoms with Gasteiger partial charge in [-0.2, -0.15) is 0 Å². The number of benzene rings is 1. The van der Waals surface area contributed by atoms with Gasteiger partial charge >= 0.3 is 0 Å². The third-order valence-corrected chi connectivity index (χ3v) is 4.02. The summed E-state index contributed by atoms with van der Waals surface area (Å²) in [7, 11) is 0. The Kier molecular flexibility index (Phi) is 2.35. The van der Waals surface area contributed by atoms with E-state index in [0.29, 0.717) is 18.1 Å². The van der Waals surface area contributed by atoms with E-state index in [1.165, 1.54) is 6.07 Å². The number of aromatic nitrogens is 2. The molecule has 0 amide bonds. The highest BCUT2D eigenvalue weighted by Crippen LogP contribution is 2.38. The predicted molar refractivity (Wildman–Crippen MR) is 67.8 cm³/mol. The van der Waals surface area contributed by atoms with Crippen LogP contribution in [0.3, 0.4) is 0 Å². The molecule has 3 rings (SSSR count). The lowest BCUT2D eigenvalue weighted by Gasteiger charge is -2.30. The molecule has 2 heterocycles. The van der Waals surface area contributed by atoms with E-state index in [-0.39, 0.29) is 17.5 Å². The lowest BCUT2D eigenvalue weighted by Crippen LogP contribution is -2.37. The molecule has 0 spiro atoms. The smallest absolute Gasteiger partial charge is 0.201 e. The third-order valence-electron chi connectivity index (χ3n) is 4.02. The van der Waals surface area contributed by atoms with Gasteiger partial charge in [0.2, 0.25) is 5.95 Å². The molecule has 2 atom stereocenters. The average Bonchev–Trinajstić information content (AvgIpc) is 2.82. The van der Waals surface area contributed by atoms with Crippen molar-refractivity contribution in [3.63, 3.8) is 0 Å². The van der Waals surface area contributed by atoms with Gasteiger partial charge < -0.3 is 15.0 Å². The summed E-state index contributed by atoms with van der Waals surface area (Å²) in [6, 6.07) is 4.92. The van der Waals surface area contributed by atoms with Gasteiger partial charge in [-0.25, -0.2) is 9.37 Å². The molecule has 1 aromatic carbocycles. The maximum Gasteiger partial charge on any atom is 0.201 e. The van der Waals surface area contributed by atoms with Crippen LogP contribution in [0.25, 0.3) is 11.0 Å². The molecule has 0 aliphatic carbocycles. The molecule has 1 saturated heterocycles. The van der Waals surface area contributed by atoms with E-state index >= 15 is 0 Å². The molecule has 1 fully saturated rings. The molecule has 0 bridgehead atoms. The van der Waals surface area contributed by atoms with E-state index in [9.17, 15) is 4.39 Å². The van der Waals surface area contributed by atoms with Crippen molar-refractivity contribution in [3.8, 4) is 0 Å². The summed E-state index contributed by atoms with van der Waals surface area (Å²) in [6.07, 6.45) is 0.876. The van der Waals surface area contributed by atoms with Crippen molar-refractivity contribution >= 4 is 17.0 Å². The number of nitrogens with zero attached hydrogens (tertiary/aromatic N) is 2. The van der Waals surface area contributed by atoms with Crippen LogP contribution in [0.2, 0.25) is 0 Å². The molecule has 0 radical (unpaired) electrons. The SMILES string of the molecule is CC1OCCC1(C)n1c(N)nc2c(F)cccc21. The standard InChI is InChI=1S/C13H16FN3O/c1-8-13(2,6-7-18-8)17-10-5-3-4-9(14)11(10)16-12(17)15/h3-5,8H,6-7H2,1-2H3,(H2,15,16). The summed E-state index contributed by atoms with van der Waals surface area (Å²) in [5.41, 5.74) is 6.77. The second-order valence-electron chi connectivity index (χ2n) is 5.03. The van der Waals surface area contributed by atoms with E-state index in [4.69, 9.17) is 10.5 Å². The van der Waals surface area contributed by atoms with Crippen molar-refractivity contribution < 1.29 is 9.13 Å². The maximum atomic E-state index is 13.7. The summed E-state index contributed by atoms with van der Waals surface area (Å²) in [6.45, 7) is 4.77. The number of nitrogen functional groups attached to an aromatic ring is 1. The number of fused-ring (bicyclic) bond motifs is 1. The zero-order valence-corrected chi connectivity index (χ0v) is 10.5. The highest BCUT2D eigenvalue weighted by atomic mass is 19.1. The van der Waals surface area contributed by atoms with Crippen LogP contribution in [0, 0.1) is 5.82 Å². The normalized spacial score (nSPS) is 28.1. The molecule has 18 heavy (non-hydrogen) atoms. The summed E-state index contributed by atoms with van der Waals surface area (Å²) < 4.78 is 21.3. The maximum absolute atomic E-state index is 13.7. The van der Waals surface area contributed by atoms with Crippen molar-refractivity contribution in [2.45, 2.75) is 31.9 Å². The van der Waals surface area contributed by atoms with Crippen molar-refractivity contribution in [2.24, 2.45) is 0 Å². The minimum atomic E-state index is -0.340. The van der Waals surface area contributed by atoms with E-state index in [1.54, 1.807) is 6.07 Å². The summed E-state index contributed by atoms with van der Waals surface area (Å²) in [5.74, 6) is 0.00284. The van der Waals surface area contributed by atoms with Gasteiger partial charge in [0.05, 0.1) is 17.2 Å². The first-order chi connectivity index (χ1) is 8.54. The van der Waals surface area contributed by atoms with Gasteiger partial charge in [-0.05, 0) is 32.4 Å². The molecule has 1 aromatic heterocycles. The second kappa shape index (κ2) is 3.68. The number of rotatable bonds is 1. The van der Waals surface area contributed by atoms with Crippen molar-refractivity contribution in [1.29, 1.82) is 0 Å². The fraction of sp³-hybridized carbons (Fsp3) is 0.462. The minimum absolute atomic E-state index is 0.0282. The van der Waals surface area contributed by atoms with Crippen LogP contribution in [-0.2, 0) is 10.3 Å². The highest BCUT2D eigenvalue weighted by Gasteiger charge is 2.41. The first kappa shape index (κ1) is 11.5. The Labute approximate surface area is 105 Å². The summed E-state index contributed by atoms with van der Waals surface area (Å²) in [4.78, 5) is 4.15. The molecule has 2 N–H and O–H groups in total. The number of hydrogen-bond acceptors (Lipinski definition) is 3. The van der Waals surface area contributed by atoms with Crippen LogP contribution >= 0.6 is 0 Å². The van der Waals surface area contributed by atoms with Gasteiger partial charge in [-0.1, -0.05) is 6.07 Å². The molecule has 1 aliphatic rings. The van der Waals surface area contributed by atoms with Gasteiger partial charge in [0.25, 0.3) is 0 Å². The number of halogens is 1. The molecule has 2 aromatic rings. The number of nitrogens with two attached hydrogens (primary N) is 1. The van der Waals surface area contributed by atoms with Crippen molar-refractivity contribution in [1.82, 2.24) is 9.55 Å². The lowest BCUT2D eigenvalue weighted by atomic mass is 9.94. The van der Waals surface area contributed by atoms with Crippen LogP contribution < -0.4 is 5.73 Å². The molecule has 2 unspecified atom stereocenters. The summed E-state index contributed by atoms with van der Waals surface area (Å²) in [5, 5.41) is 0. The largest absolute Gasteiger partial charge is 0.376 e. The molecule has 4 nitrogen and oxygen atoms in total. The van der Waals surface area contributed by atoms with Crippen LogP contribution in [0.1, 0.15) is 20.3 Å². The molecular formula is C13H16FN3O. The number of para-hydroxylation sites is 1. The Morgan fingerprint density at radius 1 is 1.56 bits per heavy atom. The summed E-state index contributed by atoms with van der Waals surface area (Å²) >= 11 is 0. The Hall–Kier alpha value is -1.62. The molecule has 1 aliphatic heterocycles. The van der Waals surface area contributed by atoms with E-state index < -0.39 is 0 Å². The average molecular weight is 249 g/mol. The van der Waals surface area contributed by atoms with Gasteiger partial charge in [-0.3, -0.25) is 0 Å². The Bertz CT molecular complexity index is 610. The quantitative estimate of drug-likeness (QED) is 0.843. The monoisotopic (exact) mass is 249 g/mol. The minimum Gasteiger partial charge on any atom is -0.376 e. The van der Waals surface area contributed by atoms with E-state index in [0.717, 1.165) is 11.9 Å². The number of imidazole rings is 1.